The Hall–Kier alpha value is -2.93. The molecule has 0 fully saturated rings. The molecule has 7 heteroatoms. The van der Waals surface area contributed by atoms with E-state index in [2.05, 4.69) is 15.6 Å². The molecular weight excluding hydrogens is 371 g/mol. The maximum atomic E-state index is 13.3. The molecule has 0 aliphatic carbocycles. The molecule has 1 atom stereocenters. The second kappa shape index (κ2) is 7.83. The average Bonchev–Trinajstić information content (AvgIpc) is 2.95. The highest BCUT2D eigenvalue weighted by Gasteiger charge is 2.27. The number of pyridine rings is 1. The molecule has 3 aromatic rings. The molecule has 0 radical (unpaired) electrons. The van der Waals surface area contributed by atoms with Gasteiger partial charge in [-0.15, -0.1) is 0 Å². The van der Waals surface area contributed by atoms with E-state index >= 15 is 0 Å². The van der Waals surface area contributed by atoms with Crippen molar-refractivity contribution in [3.63, 3.8) is 0 Å². The number of amides is 1. The van der Waals surface area contributed by atoms with Crippen LogP contribution in [-0.2, 0) is 24.7 Å². The van der Waals surface area contributed by atoms with Crippen LogP contribution in [0.4, 0.5) is 10.1 Å². The fourth-order valence-corrected chi connectivity index (χ4v) is 4.17. The topological polar surface area (TPSA) is 79.2 Å². The van der Waals surface area contributed by atoms with Crippen molar-refractivity contribution in [3.8, 4) is 0 Å². The molecule has 0 saturated heterocycles. The third-order valence-electron chi connectivity index (χ3n) is 5.57. The van der Waals surface area contributed by atoms with Crippen molar-refractivity contribution in [2.24, 2.45) is 7.05 Å². The lowest BCUT2D eigenvalue weighted by atomic mass is 9.94. The van der Waals surface area contributed by atoms with Gasteiger partial charge in [0, 0.05) is 50.1 Å². The van der Waals surface area contributed by atoms with Crippen LogP contribution >= 0.6 is 0 Å². The number of benzene rings is 1. The normalized spacial score (nSPS) is 15.8. The lowest BCUT2D eigenvalue weighted by Crippen LogP contribution is -2.23. The van der Waals surface area contributed by atoms with Crippen LogP contribution in [0.1, 0.15) is 41.8 Å². The summed E-state index contributed by atoms with van der Waals surface area (Å²) in [5.41, 5.74) is 5.64. The molecule has 2 aromatic heterocycles. The number of nitrogens with zero attached hydrogens (tertiary/aromatic N) is 2. The highest BCUT2D eigenvalue weighted by Crippen LogP contribution is 2.39. The Bertz CT molecular complexity index is 1060. The van der Waals surface area contributed by atoms with Gasteiger partial charge in [0.05, 0.1) is 18.0 Å². The molecule has 4 rings (SSSR count). The van der Waals surface area contributed by atoms with Gasteiger partial charge in [-0.25, -0.2) is 9.37 Å². The molecule has 0 saturated carbocycles. The zero-order valence-corrected chi connectivity index (χ0v) is 16.6. The van der Waals surface area contributed by atoms with Crippen molar-refractivity contribution in [1.29, 1.82) is 0 Å². The Kier molecular flexibility index (Phi) is 5.24. The summed E-state index contributed by atoms with van der Waals surface area (Å²) in [6, 6.07) is 6.49. The first-order valence-electron chi connectivity index (χ1n) is 9.85. The third kappa shape index (κ3) is 3.70. The van der Waals surface area contributed by atoms with E-state index in [9.17, 15) is 14.3 Å². The minimum atomic E-state index is -0.558. The fraction of sp³-hybridized carbons (Fsp3) is 0.364. The molecule has 1 aliphatic heterocycles. The number of anilines is 1. The number of aliphatic hydroxyl groups excluding tert-OH is 1. The number of hydrogen-bond acceptors (Lipinski definition) is 4. The number of halogens is 1. The number of aromatic nitrogens is 2. The molecule has 1 amide bonds. The van der Waals surface area contributed by atoms with Crippen LogP contribution in [0, 0.1) is 5.82 Å². The summed E-state index contributed by atoms with van der Waals surface area (Å²) >= 11 is 0. The van der Waals surface area contributed by atoms with Crippen LogP contribution in [0.2, 0.25) is 0 Å². The van der Waals surface area contributed by atoms with Gasteiger partial charge in [-0.3, -0.25) is 4.79 Å². The number of hydrogen-bond donors (Lipinski definition) is 3. The summed E-state index contributed by atoms with van der Waals surface area (Å²) < 4.78 is 15.4. The maximum absolute atomic E-state index is 13.3. The monoisotopic (exact) mass is 396 g/mol. The van der Waals surface area contributed by atoms with Gasteiger partial charge in [0.25, 0.3) is 0 Å². The van der Waals surface area contributed by atoms with Crippen LogP contribution in [0.3, 0.4) is 0 Å². The summed E-state index contributed by atoms with van der Waals surface area (Å²) in [6.45, 7) is 2.70. The Morgan fingerprint density at radius 3 is 2.86 bits per heavy atom. The van der Waals surface area contributed by atoms with Gasteiger partial charge in [0.2, 0.25) is 5.91 Å². The van der Waals surface area contributed by atoms with Crippen molar-refractivity contribution in [1.82, 2.24) is 14.9 Å². The van der Waals surface area contributed by atoms with Crippen molar-refractivity contribution in [2.75, 3.05) is 18.4 Å². The van der Waals surface area contributed by atoms with Crippen molar-refractivity contribution >= 4 is 22.6 Å². The Labute approximate surface area is 168 Å². The molecular formula is C22H25FN4O2. The van der Waals surface area contributed by atoms with Crippen molar-refractivity contribution in [3.05, 3.63) is 58.7 Å². The summed E-state index contributed by atoms with van der Waals surface area (Å²) in [7, 11) is 1.96. The fourth-order valence-electron chi connectivity index (χ4n) is 4.17. The highest BCUT2D eigenvalue weighted by molar-refractivity contribution is 5.90. The van der Waals surface area contributed by atoms with Crippen LogP contribution < -0.4 is 10.6 Å². The van der Waals surface area contributed by atoms with Gasteiger partial charge < -0.3 is 20.3 Å². The van der Waals surface area contributed by atoms with Crippen molar-refractivity contribution < 1.29 is 14.3 Å². The summed E-state index contributed by atoms with van der Waals surface area (Å²) in [4.78, 5) is 16.0. The maximum Gasteiger partial charge on any atom is 0.216 e. The average molecular weight is 396 g/mol. The van der Waals surface area contributed by atoms with Gasteiger partial charge in [0.15, 0.2) is 0 Å². The summed E-state index contributed by atoms with van der Waals surface area (Å²) in [6.07, 6.45) is 3.09. The van der Waals surface area contributed by atoms with E-state index in [-0.39, 0.29) is 11.7 Å². The SMILES string of the molecule is CC(=O)NCCc1c(Cc2ccc(F)cc2)n(C)c2ncc3c(c12)C(O)CCN3. The summed E-state index contributed by atoms with van der Waals surface area (Å²) in [5.74, 6) is -0.339. The van der Waals surface area contributed by atoms with Gasteiger partial charge in [-0.2, -0.15) is 0 Å². The quantitative estimate of drug-likeness (QED) is 0.620. The van der Waals surface area contributed by atoms with Crippen LogP contribution in [-0.4, -0.2) is 33.7 Å². The van der Waals surface area contributed by atoms with Gasteiger partial charge in [-0.05, 0) is 36.1 Å². The Morgan fingerprint density at radius 2 is 2.14 bits per heavy atom. The minimum absolute atomic E-state index is 0.0767. The van der Waals surface area contributed by atoms with Gasteiger partial charge in [0.1, 0.15) is 11.5 Å². The van der Waals surface area contributed by atoms with E-state index < -0.39 is 6.10 Å². The van der Waals surface area contributed by atoms with E-state index in [1.54, 1.807) is 18.3 Å². The molecule has 3 heterocycles. The number of aliphatic hydroxyl groups is 1. The zero-order valence-electron chi connectivity index (χ0n) is 16.6. The van der Waals surface area contributed by atoms with Crippen LogP contribution in [0.15, 0.2) is 30.5 Å². The van der Waals surface area contributed by atoms with Crippen LogP contribution in [0.25, 0.3) is 11.0 Å². The number of carbonyl (C=O) groups excluding carboxylic acids is 1. The lowest BCUT2D eigenvalue weighted by molar-refractivity contribution is -0.118. The van der Waals surface area contributed by atoms with Crippen molar-refractivity contribution in [2.45, 2.75) is 32.3 Å². The molecule has 0 bridgehead atoms. The molecule has 1 aromatic carbocycles. The third-order valence-corrected chi connectivity index (χ3v) is 5.57. The second-order valence-electron chi connectivity index (χ2n) is 7.54. The molecule has 1 aliphatic rings. The second-order valence-corrected chi connectivity index (χ2v) is 7.54. The number of fused-ring (bicyclic) bond motifs is 3. The van der Waals surface area contributed by atoms with E-state index in [0.29, 0.717) is 32.4 Å². The highest BCUT2D eigenvalue weighted by atomic mass is 19.1. The standard InChI is InChI=1S/C22H25FN4O2/c1-13(28)24-9-7-16-18(11-14-3-5-15(23)6-4-14)27(2)22-20(16)21-17(12-26-22)25-10-8-19(21)29/h3-6,12,19,25,29H,7-11H2,1-2H3,(H,24,28). The Balaban J connectivity index is 1.86. The smallest absolute Gasteiger partial charge is 0.216 e. The van der Waals surface area contributed by atoms with Gasteiger partial charge in [-0.1, -0.05) is 12.1 Å². The molecule has 29 heavy (non-hydrogen) atoms. The number of nitrogens with one attached hydrogen (secondary N) is 2. The Morgan fingerprint density at radius 1 is 1.38 bits per heavy atom. The number of aryl methyl sites for hydroxylation is 1. The number of carbonyl (C=O) groups is 1. The van der Waals surface area contributed by atoms with E-state index in [4.69, 9.17) is 0 Å². The number of rotatable bonds is 5. The molecule has 0 spiro atoms. The van der Waals surface area contributed by atoms with Gasteiger partial charge >= 0.3 is 0 Å². The van der Waals surface area contributed by atoms with Crippen LogP contribution in [0.5, 0.6) is 0 Å². The zero-order chi connectivity index (χ0) is 20.5. The molecule has 6 nitrogen and oxygen atoms in total. The predicted octanol–water partition coefficient (Wildman–Crippen LogP) is 2.83. The molecule has 152 valence electrons. The largest absolute Gasteiger partial charge is 0.388 e. The molecule has 3 N–H and O–H groups in total. The molecule has 1 unspecified atom stereocenters. The first-order valence-corrected chi connectivity index (χ1v) is 9.85. The first-order chi connectivity index (χ1) is 14.0. The minimum Gasteiger partial charge on any atom is -0.388 e. The van der Waals surface area contributed by atoms with E-state index in [1.807, 2.05) is 11.6 Å². The van der Waals surface area contributed by atoms with E-state index in [1.165, 1.54) is 19.1 Å². The predicted molar refractivity (Wildman–Crippen MR) is 110 cm³/mol. The summed E-state index contributed by atoms with van der Waals surface area (Å²) in [5, 5.41) is 17.9. The first kappa shape index (κ1) is 19.4. The van der Waals surface area contributed by atoms with E-state index in [0.717, 1.165) is 39.1 Å². The lowest BCUT2D eigenvalue weighted by Gasteiger charge is -2.24.